The second-order valence-electron chi connectivity index (χ2n) is 5.15. The van der Waals surface area contributed by atoms with Gasteiger partial charge in [-0.15, -0.1) is 0 Å². The van der Waals surface area contributed by atoms with Crippen LogP contribution in [0.3, 0.4) is 0 Å². The fourth-order valence-electron chi connectivity index (χ4n) is 2.06. The number of aryl methyl sites for hydroxylation is 2. The number of fused-ring (bicyclic) bond motifs is 1. The van der Waals surface area contributed by atoms with Crippen LogP contribution in [0.5, 0.6) is 0 Å². The molecule has 20 heavy (non-hydrogen) atoms. The minimum atomic E-state index is -0.925. The standard InChI is InChI=1S/C15H20N2O2S/c1-9(20(4)19)8-16-15(18)12-5-6-14-13(7-12)10(2)11(3)17-14/h5-7,9,17H,8H2,1-4H3,(H,16,18). The first-order chi connectivity index (χ1) is 9.40. The van der Waals surface area contributed by atoms with Gasteiger partial charge in [0.2, 0.25) is 0 Å². The molecule has 2 N–H and O–H groups in total. The molecule has 0 aliphatic heterocycles. The molecule has 2 rings (SSSR count). The third-order valence-electron chi connectivity index (χ3n) is 3.69. The van der Waals surface area contributed by atoms with Crippen molar-refractivity contribution in [3.05, 3.63) is 35.0 Å². The normalized spacial score (nSPS) is 14.2. The summed E-state index contributed by atoms with van der Waals surface area (Å²) in [7, 11) is -0.925. The Hall–Kier alpha value is -1.62. The van der Waals surface area contributed by atoms with Gasteiger partial charge in [0.05, 0.1) is 0 Å². The number of aromatic amines is 1. The number of hydrogen-bond donors (Lipinski definition) is 2. The van der Waals surface area contributed by atoms with Gasteiger partial charge in [-0.05, 0) is 44.5 Å². The van der Waals surface area contributed by atoms with E-state index >= 15 is 0 Å². The van der Waals surface area contributed by atoms with Crippen molar-refractivity contribution in [1.82, 2.24) is 10.3 Å². The number of H-pyrrole nitrogens is 1. The number of amides is 1. The Labute approximate surface area is 121 Å². The summed E-state index contributed by atoms with van der Waals surface area (Å²) < 4.78 is 11.3. The van der Waals surface area contributed by atoms with E-state index in [4.69, 9.17) is 0 Å². The van der Waals surface area contributed by atoms with Gasteiger partial charge in [0.15, 0.2) is 0 Å². The van der Waals surface area contributed by atoms with Gasteiger partial charge in [0, 0.05) is 51.0 Å². The summed E-state index contributed by atoms with van der Waals surface area (Å²) >= 11 is 0. The molecule has 108 valence electrons. The van der Waals surface area contributed by atoms with Gasteiger partial charge in [-0.25, -0.2) is 0 Å². The zero-order valence-electron chi connectivity index (χ0n) is 12.2. The van der Waals surface area contributed by atoms with E-state index in [1.807, 2.05) is 32.9 Å². The number of carbonyl (C=O) groups is 1. The lowest BCUT2D eigenvalue weighted by Gasteiger charge is -2.10. The van der Waals surface area contributed by atoms with Crippen molar-refractivity contribution in [1.29, 1.82) is 0 Å². The average Bonchev–Trinajstić information content (AvgIpc) is 2.70. The fourth-order valence-corrected chi connectivity index (χ4v) is 2.38. The Morgan fingerprint density at radius 2 is 2.10 bits per heavy atom. The lowest BCUT2D eigenvalue weighted by atomic mass is 10.1. The SMILES string of the molecule is Cc1[nH]c2ccc(C(=O)NCC(C)S(C)=O)cc2c1C. The van der Waals surface area contributed by atoms with Gasteiger partial charge in [0.1, 0.15) is 0 Å². The third kappa shape index (κ3) is 2.93. The molecule has 0 fully saturated rings. The highest BCUT2D eigenvalue weighted by Crippen LogP contribution is 2.22. The lowest BCUT2D eigenvalue weighted by molar-refractivity contribution is 0.0954. The fraction of sp³-hybridized carbons (Fsp3) is 0.400. The van der Waals surface area contributed by atoms with Gasteiger partial charge in [-0.2, -0.15) is 0 Å². The molecule has 0 radical (unpaired) electrons. The summed E-state index contributed by atoms with van der Waals surface area (Å²) in [5.74, 6) is -0.123. The molecule has 1 aromatic heterocycles. The number of hydrogen-bond acceptors (Lipinski definition) is 2. The second kappa shape index (κ2) is 5.79. The topological polar surface area (TPSA) is 62.0 Å². The Kier molecular flexibility index (Phi) is 4.28. The maximum absolute atomic E-state index is 12.1. The van der Waals surface area contributed by atoms with Crippen molar-refractivity contribution in [3.63, 3.8) is 0 Å². The largest absolute Gasteiger partial charge is 0.358 e. The summed E-state index contributed by atoms with van der Waals surface area (Å²) in [6.45, 7) is 6.34. The van der Waals surface area contributed by atoms with Crippen LogP contribution in [0.15, 0.2) is 18.2 Å². The van der Waals surface area contributed by atoms with Gasteiger partial charge in [-0.3, -0.25) is 9.00 Å². The monoisotopic (exact) mass is 292 g/mol. The van der Waals surface area contributed by atoms with Crippen LogP contribution in [0.2, 0.25) is 0 Å². The zero-order valence-corrected chi connectivity index (χ0v) is 13.1. The molecular formula is C15H20N2O2S. The first-order valence-electron chi connectivity index (χ1n) is 6.59. The predicted octanol–water partition coefficient (Wildman–Crippen LogP) is 2.28. The first kappa shape index (κ1) is 14.8. The summed E-state index contributed by atoms with van der Waals surface area (Å²) in [6.07, 6.45) is 1.65. The summed E-state index contributed by atoms with van der Waals surface area (Å²) in [4.78, 5) is 15.4. The van der Waals surface area contributed by atoms with Crippen molar-refractivity contribution in [2.75, 3.05) is 12.8 Å². The molecule has 0 aliphatic rings. The molecule has 1 heterocycles. The van der Waals surface area contributed by atoms with Crippen LogP contribution in [-0.4, -0.2) is 33.2 Å². The van der Waals surface area contributed by atoms with E-state index in [0.717, 1.165) is 22.2 Å². The van der Waals surface area contributed by atoms with Gasteiger partial charge >= 0.3 is 0 Å². The smallest absolute Gasteiger partial charge is 0.251 e. The van der Waals surface area contributed by atoms with Crippen molar-refractivity contribution >= 4 is 27.6 Å². The molecule has 1 amide bonds. The Morgan fingerprint density at radius 3 is 2.75 bits per heavy atom. The van der Waals surface area contributed by atoms with Crippen molar-refractivity contribution in [2.45, 2.75) is 26.0 Å². The minimum Gasteiger partial charge on any atom is -0.358 e. The Bertz CT molecular complexity index is 676. The Balaban J connectivity index is 2.18. The van der Waals surface area contributed by atoms with Crippen LogP contribution < -0.4 is 5.32 Å². The molecule has 0 saturated carbocycles. The van der Waals surface area contributed by atoms with Gasteiger partial charge < -0.3 is 10.3 Å². The summed E-state index contributed by atoms with van der Waals surface area (Å²) in [6, 6.07) is 5.63. The Morgan fingerprint density at radius 1 is 1.40 bits per heavy atom. The van der Waals surface area contributed by atoms with Crippen molar-refractivity contribution in [2.24, 2.45) is 0 Å². The minimum absolute atomic E-state index is 0.0427. The van der Waals surface area contributed by atoms with Gasteiger partial charge in [-0.1, -0.05) is 0 Å². The highest BCUT2D eigenvalue weighted by atomic mass is 32.2. The lowest BCUT2D eigenvalue weighted by Crippen LogP contribution is -2.32. The number of carbonyl (C=O) groups excluding carboxylic acids is 1. The number of nitrogens with one attached hydrogen (secondary N) is 2. The molecule has 2 unspecified atom stereocenters. The van der Waals surface area contributed by atoms with Crippen LogP contribution in [-0.2, 0) is 10.8 Å². The van der Waals surface area contributed by atoms with E-state index in [1.54, 1.807) is 12.3 Å². The molecule has 2 aromatic rings. The van der Waals surface area contributed by atoms with E-state index < -0.39 is 10.8 Å². The predicted molar refractivity (Wildman–Crippen MR) is 83.6 cm³/mol. The zero-order chi connectivity index (χ0) is 14.9. The molecular weight excluding hydrogens is 272 g/mol. The highest BCUT2D eigenvalue weighted by Gasteiger charge is 2.12. The molecule has 5 heteroatoms. The van der Waals surface area contributed by atoms with Crippen LogP contribution in [0, 0.1) is 13.8 Å². The average molecular weight is 292 g/mol. The highest BCUT2D eigenvalue weighted by molar-refractivity contribution is 7.84. The van der Waals surface area contributed by atoms with Crippen LogP contribution in [0.4, 0.5) is 0 Å². The summed E-state index contributed by atoms with van der Waals surface area (Å²) in [5, 5.41) is 3.86. The molecule has 2 atom stereocenters. The van der Waals surface area contributed by atoms with E-state index in [1.165, 1.54) is 0 Å². The molecule has 0 spiro atoms. The first-order valence-corrected chi connectivity index (χ1v) is 8.21. The molecule has 0 saturated heterocycles. The van der Waals surface area contributed by atoms with Crippen molar-refractivity contribution < 1.29 is 9.00 Å². The van der Waals surface area contributed by atoms with E-state index in [0.29, 0.717) is 12.1 Å². The summed E-state index contributed by atoms with van der Waals surface area (Å²) in [5.41, 5.74) is 3.96. The van der Waals surface area contributed by atoms with E-state index in [-0.39, 0.29) is 11.2 Å². The quantitative estimate of drug-likeness (QED) is 0.908. The molecule has 4 nitrogen and oxygen atoms in total. The van der Waals surface area contributed by atoms with Gasteiger partial charge in [0.25, 0.3) is 5.91 Å². The second-order valence-corrected chi connectivity index (χ2v) is 6.96. The number of aromatic nitrogens is 1. The van der Waals surface area contributed by atoms with Crippen LogP contribution in [0.25, 0.3) is 10.9 Å². The molecule has 0 aliphatic carbocycles. The number of benzene rings is 1. The van der Waals surface area contributed by atoms with Crippen LogP contribution >= 0.6 is 0 Å². The van der Waals surface area contributed by atoms with E-state index in [9.17, 15) is 9.00 Å². The van der Waals surface area contributed by atoms with Crippen molar-refractivity contribution in [3.8, 4) is 0 Å². The van der Waals surface area contributed by atoms with Crippen LogP contribution in [0.1, 0.15) is 28.5 Å². The number of rotatable bonds is 4. The molecule has 0 bridgehead atoms. The third-order valence-corrected chi connectivity index (χ3v) is 4.99. The maximum atomic E-state index is 12.1. The molecule has 1 aromatic carbocycles. The van der Waals surface area contributed by atoms with E-state index in [2.05, 4.69) is 10.3 Å². The maximum Gasteiger partial charge on any atom is 0.251 e.